The number of hydrogen-bond donors (Lipinski definition) is 1. The number of fused-ring (bicyclic) bond motifs is 1. The van der Waals surface area contributed by atoms with Gasteiger partial charge in [-0.2, -0.15) is 0 Å². The SMILES string of the molecule is Cn1c(C2(CN)CCCCCC2)nc2ccncc21. The van der Waals surface area contributed by atoms with Crippen LogP contribution in [0.1, 0.15) is 44.3 Å². The summed E-state index contributed by atoms with van der Waals surface area (Å²) in [4.78, 5) is 9.07. The number of nitrogens with two attached hydrogens (primary N) is 1. The molecule has 0 atom stereocenters. The zero-order valence-corrected chi connectivity index (χ0v) is 11.6. The smallest absolute Gasteiger partial charge is 0.117 e. The lowest BCUT2D eigenvalue weighted by atomic mass is 9.79. The summed E-state index contributed by atoms with van der Waals surface area (Å²) in [5.41, 5.74) is 8.36. The molecule has 0 spiro atoms. The Kier molecular flexibility index (Phi) is 3.27. The van der Waals surface area contributed by atoms with Crippen LogP contribution in [0.25, 0.3) is 11.0 Å². The minimum atomic E-state index is 0.0598. The molecule has 0 bridgehead atoms. The number of nitrogens with zero attached hydrogens (tertiary/aromatic N) is 3. The first-order chi connectivity index (χ1) is 9.27. The van der Waals surface area contributed by atoms with Crippen LogP contribution in [0.2, 0.25) is 0 Å². The molecule has 0 saturated heterocycles. The first kappa shape index (κ1) is 12.6. The van der Waals surface area contributed by atoms with E-state index in [1.807, 2.05) is 12.3 Å². The Morgan fingerprint density at radius 3 is 2.63 bits per heavy atom. The summed E-state index contributed by atoms with van der Waals surface area (Å²) in [5, 5.41) is 0. The molecule has 19 heavy (non-hydrogen) atoms. The van der Waals surface area contributed by atoms with E-state index in [4.69, 9.17) is 10.7 Å². The minimum Gasteiger partial charge on any atom is -0.329 e. The number of aromatic nitrogens is 3. The van der Waals surface area contributed by atoms with Gasteiger partial charge in [0.25, 0.3) is 0 Å². The number of aryl methyl sites for hydroxylation is 1. The van der Waals surface area contributed by atoms with Crippen LogP contribution in [-0.4, -0.2) is 21.1 Å². The predicted octanol–water partition coefficient (Wildman–Crippen LogP) is 2.52. The largest absolute Gasteiger partial charge is 0.329 e. The van der Waals surface area contributed by atoms with Gasteiger partial charge in [0.2, 0.25) is 0 Å². The summed E-state index contributed by atoms with van der Waals surface area (Å²) in [6.07, 6.45) is 11.2. The topological polar surface area (TPSA) is 56.7 Å². The summed E-state index contributed by atoms with van der Waals surface area (Å²) in [6.45, 7) is 0.692. The van der Waals surface area contributed by atoms with E-state index < -0.39 is 0 Å². The van der Waals surface area contributed by atoms with E-state index >= 15 is 0 Å². The highest BCUT2D eigenvalue weighted by atomic mass is 15.1. The Bertz CT molecular complexity index is 565. The van der Waals surface area contributed by atoms with Gasteiger partial charge in [-0.25, -0.2) is 4.98 Å². The molecule has 0 aromatic carbocycles. The number of rotatable bonds is 2. The third-order valence-corrected chi connectivity index (χ3v) is 4.61. The normalized spacial score (nSPS) is 19.5. The van der Waals surface area contributed by atoms with Crippen LogP contribution < -0.4 is 5.73 Å². The molecule has 0 amide bonds. The van der Waals surface area contributed by atoms with Gasteiger partial charge in [-0.1, -0.05) is 25.7 Å². The molecule has 1 aliphatic carbocycles. The Morgan fingerprint density at radius 1 is 1.26 bits per heavy atom. The number of hydrogen-bond acceptors (Lipinski definition) is 3. The summed E-state index contributed by atoms with van der Waals surface area (Å²) < 4.78 is 2.19. The molecule has 2 aromatic rings. The van der Waals surface area contributed by atoms with Gasteiger partial charge < -0.3 is 10.3 Å². The zero-order chi connectivity index (χ0) is 13.3. The molecule has 102 valence electrons. The lowest BCUT2D eigenvalue weighted by molar-refractivity contribution is 0.351. The maximum Gasteiger partial charge on any atom is 0.117 e. The third-order valence-electron chi connectivity index (χ3n) is 4.61. The average Bonchev–Trinajstić information content (AvgIpc) is 2.65. The molecule has 1 fully saturated rings. The molecule has 2 aromatic heterocycles. The molecule has 1 saturated carbocycles. The van der Waals surface area contributed by atoms with Crippen molar-refractivity contribution < 1.29 is 0 Å². The molecular weight excluding hydrogens is 236 g/mol. The second-order valence-corrected chi connectivity index (χ2v) is 5.76. The van der Waals surface area contributed by atoms with Crippen LogP contribution in [0.15, 0.2) is 18.5 Å². The fourth-order valence-electron chi connectivity index (χ4n) is 3.43. The molecule has 4 nitrogen and oxygen atoms in total. The van der Waals surface area contributed by atoms with Crippen LogP contribution in [0.3, 0.4) is 0 Å². The van der Waals surface area contributed by atoms with Crippen molar-refractivity contribution >= 4 is 11.0 Å². The van der Waals surface area contributed by atoms with E-state index in [9.17, 15) is 0 Å². The average molecular weight is 258 g/mol. The van der Waals surface area contributed by atoms with Gasteiger partial charge in [0.15, 0.2) is 0 Å². The van der Waals surface area contributed by atoms with Crippen molar-refractivity contribution in [2.24, 2.45) is 12.8 Å². The quantitative estimate of drug-likeness (QED) is 0.842. The molecular formula is C15H22N4. The first-order valence-electron chi connectivity index (χ1n) is 7.24. The second kappa shape index (κ2) is 4.93. The highest BCUT2D eigenvalue weighted by Crippen LogP contribution is 2.37. The van der Waals surface area contributed by atoms with Crippen LogP contribution in [0.5, 0.6) is 0 Å². The van der Waals surface area contributed by atoms with Crippen LogP contribution >= 0.6 is 0 Å². The van der Waals surface area contributed by atoms with Crippen LogP contribution in [0.4, 0.5) is 0 Å². The van der Waals surface area contributed by atoms with Crippen molar-refractivity contribution in [2.45, 2.75) is 43.9 Å². The van der Waals surface area contributed by atoms with Gasteiger partial charge in [0.05, 0.1) is 17.2 Å². The molecule has 2 heterocycles. The fourth-order valence-corrected chi connectivity index (χ4v) is 3.43. The third kappa shape index (κ3) is 2.04. The Balaban J connectivity index is 2.12. The lowest BCUT2D eigenvalue weighted by Gasteiger charge is -2.30. The predicted molar refractivity (Wildman–Crippen MR) is 76.9 cm³/mol. The monoisotopic (exact) mass is 258 g/mol. The summed E-state index contributed by atoms with van der Waals surface area (Å²) in [7, 11) is 2.09. The van der Waals surface area contributed by atoms with Gasteiger partial charge in [0, 0.05) is 25.2 Å². The zero-order valence-electron chi connectivity index (χ0n) is 11.6. The maximum absolute atomic E-state index is 6.16. The summed E-state index contributed by atoms with van der Waals surface area (Å²) >= 11 is 0. The van der Waals surface area contributed by atoms with Gasteiger partial charge in [0.1, 0.15) is 5.82 Å². The van der Waals surface area contributed by atoms with Crippen molar-refractivity contribution in [1.29, 1.82) is 0 Å². The summed E-state index contributed by atoms with van der Waals surface area (Å²) in [5.74, 6) is 1.15. The molecule has 0 radical (unpaired) electrons. The van der Waals surface area contributed by atoms with E-state index in [2.05, 4.69) is 16.6 Å². The number of imidazole rings is 1. The van der Waals surface area contributed by atoms with Crippen molar-refractivity contribution in [3.8, 4) is 0 Å². The molecule has 1 aliphatic rings. The standard InChI is InChI=1S/C15H22N4/c1-19-13-10-17-9-6-12(13)18-14(19)15(11-16)7-4-2-3-5-8-15/h6,9-10H,2-5,7-8,11,16H2,1H3. The highest BCUT2D eigenvalue weighted by molar-refractivity contribution is 5.74. The molecule has 0 aliphatic heterocycles. The van der Waals surface area contributed by atoms with Gasteiger partial charge in [-0.3, -0.25) is 4.98 Å². The second-order valence-electron chi connectivity index (χ2n) is 5.76. The van der Waals surface area contributed by atoms with E-state index in [1.165, 1.54) is 25.7 Å². The summed E-state index contributed by atoms with van der Waals surface area (Å²) in [6, 6.07) is 1.99. The van der Waals surface area contributed by atoms with E-state index in [-0.39, 0.29) is 5.41 Å². The van der Waals surface area contributed by atoms with Crippen molar-refractivity contribution in [3.05, 3.63) is 24.3 Å². The first-order valence-corrected chi connectivity index (χ1v) is 7.24. The van der Waals surface area contributed by atoms with E-state index in [0.717, 1.165) is 29.7 Å². The molecule has 2 N–H and O–H groups in total. The van der Waals surface area contributed by atoms with Gasteiger partial charge in [-0.15, -0.1) is 0 Å². The van der Waals surface area contributed by atoms with E-state index in [0.29, 0.717) is 6.54 Å². The lowest BCUT2D eigenvalue weighted by Crippen LogP contribution is -2.37. The Hall–Kier alpha value is -1.42. The van der Waals surface area contributed by atoms with Crippen molar-refractivity contribution in [2.75, 3.05) is 6.54 Å². The Labute approximate surface area is 114 Å². The van der Waals surface area contributed by atoms with E-state index in [1.54, 1.807) is 6.20 Å². The van der Waals surface area contributed by atoms with Crippen LogP contribution in [0, 0.1) is 0 Å². The Morgan fingerprint density at radius 2 is 2.00 bits per heavy atom. The van der Waals surface area contributed by atoms with Crippen molar-refractivity contribution in [3.63, 3.8) is 0 Å². The molecule has 0 unspecified atom stereocenters. The van der Waals surface area contributed by atoms with Crippen molar-refractivity contribution in [1.82, 2.24) is 14.5 Å². The van der Waals surface area contributed by atoms with Gasteiger partial charge in [-0.05, 0) is 18.9 Å². The van der Waals surface area contributed by atoms with Crippen LogP contribution in [-0.2, 0) is 12.5 Å². The molecule has 4 heteroatoms. The molecule has 3 rings (SSSR count). The van der Waals surface area contributed by atoms with Gasteiger partial charge >= 0.3 is 0 Å². The fraction of sp³-hybridized carbons (Fsp3) is 0.600. The number of pyridine rings is 1. The maximum atomic E-state index is 6.16. The minimum absolute atomic E-state index is 0.0598. The highest BCUT2D eigenvalue weighted by Gasteiger charge is 2.35.